The second-order valence-electron chi connectivity index (χ2n) is 10.3. The average molecular weight is 553 g/mol. The lowest BCUT2D eigenvalue weighted by Gasteiger charge is -2.41. The molecule has 1 aliphatic rings. The third-order valence-corrected chi connectivity index (χ3v) is 8.27. The number of hydrogen-bond donors (Lipinski definition) is 2. The topological polar surface area (TPSA) is 70.2 Å². The Hall–Kier alpha value is -3.87. The summed E-state index contributed by atoms with van der Waals surface area (Å²) in [5, 5.41) is 6.46. The number of carbonyl (C=O) groups is 1. The minimum atomic E-state index is -0.378. The first-order chi connectivity index (χ1) is 19.6. The molecule has 3 aromatic carbocycles. The number of rotatable bonds is 8. The average Bonchev–Trinajstić information content (AvgIpc) is 3.36. The van der Waals surface area contributed by atoms with Crippen LogP contribution < -0.4 is 5.32 Å². The molecule has 0 bridgehead atoms. The van der Waals surface area contributed by atoms with E-state index in [1.807, 2.05) is 30.3 Å². The number of esters is 1. The molecule has 7 heteroatoms. The van der Waals surface area contributed by atoms with Crippen LogP contribution in [0.15, 0.2) is 79.0 Å². The van der Waals surface area contributed by atoms with E-state index in [1.54, 1.807) is 6.20 Å². The number of nitrogens with one attached hydrogen (secondary N) is 2. The number of pyridine rings is 1. The number of fused-ring (bicyclic) bond motifs is 4. The Kier molecular flexibility index (Phi) is 7.46. The third kappa shape index (κ3) is 4.93. The molecule has 0 unspecified atom stereocenters. The highest BCUT2D eigenvalue weighted by Crippen LogP contribution is 2.41. The zero-order valence-corrected chi connectivity index (χ0v) is 23.5. The van der Waals surface area contributed by atoms with E-state index < -0.39 is 0 Å². The summed E-state index contributed by atoms with van der Waals surface area (Å²) in [5.41, 5.74) is 7.81. The summed E-state index contributed by atoms with van der Waals surface area (Å²) >= 11 is 6.17. The Bertz CT molecular complexity index is 1660. The molecule has 2 aromatic heterocycles. The first kappa shape index (κ1) is 26.4. The van der Waals surface area contributed by atoms with E-state index in [0.29, 0.717) is 11.4 Å². The zero-order valence-electron chi connectivity index (χ0n) is 22.8. The Labute approximate surface area is 239 Å². The highest BCUT2D eigenvalue weighted by Gasteiger charge is 2.41. The minimum absolute atomic E-state index is 0.0879. The molecule has 6 rings (SSSR count). The maximum Gasteiger partial charge on any atom is 0.323 e. The van der Waals surface area contributed by atoms with Gasteiger partial charge in [-0.05, 0) is 59.9 Å². The maximum absolute atomic E-state index is 13.2. The number of ether oxygens (including phenoxy) is 1. The number of methoxy groups -OCH3 is 1. The van der Waals surface area contributed by atoms with Crippen molar-refractivity contribution in [2.45, 2.75) is 38.3 Å². The van der Waals surface area contributed by atoms with Crippen LogP contribution in [0.2, 0.25) is 5.02 Å². The number of nitrogens with zero attached hydrogens (tertiary/aromatic N) is 2. The van der Waals surface area contributed by atoms with Gasteiger partial charge in [-0.25, -0.2) is 0 Å². The fourth-order valence-corrected chi connectivity index (χ4v) is 6.19. The molecule has 1 aliphatic heterocycles. The van der Waals surface area contributed by atoms with Gasteiger partial charge in [0.25, 0.3) is 0 Å². The highest BCUT2D eigenvalue weighted by molar-refractivity contribution is 6.31. The summed E-state index contributed by atoms with van der Waals surface area (Å²) in [6, 6.07) is 24.4. The van der Waals surface area contributed by atoms with Gasteiger partial charge in [0.2, 0.25) is 0 Å². The summed E-state index contributed by atoms with van der Waals surface area (Å²) in [7, 11) is 1.48. The van der Waals surface area contributed by atoms with Crippen LogP contribution in [0.4, 0.5) is 5.69 Å². The van der Waals surface area contributed by atoms with E-state index in [1.165, 1.54) is 29.2 Å². The molecule has 0 amide bonds. The highest BCUT2D eigenvalue weighted by atomic mass is 35.5. The monoisotopic (exact) mass is 552 g/mol. The van der Waals surface area contributed by atoms with Crippen molar-refractivity contribution >= 4 is 45.1 Å². The van der Waals surface area contributed by atoms with Crippen molar-refractivity contribution in [1.29, 1.82) is 0 Å². The molecule has 6 nitrogen and oxygen atoms in total. The quantitative estimate of drug-likeness (QED) is 0.161. The zero-order chi connectivity index (χ0) is 27.6. The predicted octanol–water partition coefficient (Wildman–Crippen LogP) is 6.92. The summed E-state index contributed by atoms with van der Waals surface area (Å²) in [4.78, 5) is 23.7. The Balaban J connectivity index is 1.32. The SMILES string of the molecule is CCc1ccc([C@@H]2c3[nH]c4ccccc4c3C[C@H](C(=O)OC)N2CCCNc2ccnc3cc(Cl)ccc23)cc1. The van der Waals surface area contributed by atoms with Crippen molar-refractivity contribution in [2.75, 3.05) is 25.5 Å². The molecule has 2 N–H and O–H groups in total. The number of hydrogen-bond acceptors (Lipinski definition) is 5. The summed E-state index contributed by atoms with van der Waals surface area (Å²) < 4.78 is 5.35. The number of para-hydroxylation sites is 1. The van der Waals surface area contributed by atoms with Gasteiger partial charge in [0.15, 0.2) is 0 Å². The van der Waals surface area contributed by atoms with Crippen LogP contribution in [-0.2, 0) is 22.4 Å². The lowest BCUT2D eigenvalue weighted by atomic mass is 9.87. The second-order valence-corrected chi connectivity index (χ2v) is 10.8. The van der Waals surface area contributed by atoms with Crippen LogP contribution in [0.3, 0.4) is 0 Å². The van der Waals surface area contributed by atoms with Crippen LogP contribution in [0.25, 0.3) is 21.8 Å². The molecular weight excluding hydrogens is 520 g/mol. The van der Waals surface area contributed by atoms with E-state index in [4.69, 9.17) is 16.3 Å². The Morgan fingerprint density at radius 3 is 2.73 bits per heavy atom. The lowest BCUT2D eigenvalue weighted by molar-refractivity contribution is -0.148. The number of benzene rings is 3. The van der Waals surface area contributed by atoms with Gasteiger partial charge in [0, 0.05) is 58.4 Å². The maximum atomic E-state index is 13.2. The molecule has 204 valence electrons. The van der Waals surface area contributed by atoms with Gasteiger partial charge in [-0.1, -0.05) is 61.0 Å². The number of aromatic nitrogens is 2. The lowest BCUT2D eigenvalue weighted by Crippen LogP contribution is -2.49. The van der Waals surface area contributed by atoms with Gasteiger partial charge < -0.3 is 15.0 Å². The van der Waals surface area contributed by atoms with Crippen molar-refractivity contribution in [3.63, 3.8) is 0 Å². The number of H-pyrrole nitrogens is 1. The summed E-state index contributed by atoms with van der Waals surface area (Å²) in [6.45, 7) is 3.63. The van der Waals surface area contributed by atoms with Crippen LogP contribution in [-0.4, -0.2) is 47.1 Å². The molecule has 0 saturated carbocycles. The molecule has 0 spiro atoms. The van der Waals surface area contributed by atoms with Crippen molar-refractivity contribution in [3.8, 4) is 0 Å². The van der Waals surface area contributed by atoms with Gasteiger partial charge >= 0.3 is 5.97 Å². The molecule has 2 atom stereocenters. The third-order valence-electron chi connectivity index (χ3n) is 8.04. The number of carbonyl (C=O) groups excluding carboxylic acids is 1. The first-order valence-electron chi connectivity index (χ1n) is 13.9. The van der Waals surface area contributed by atoms with E-state index in [2.05, 4.69) is 69.6 Å². The van der Waals surface area contributed by atoms with Crippen LogP contribution in [0, 0.1) is 0 Å². The molecule has 5 aromatic rings. The molecule has 0 fully saturated rings. The Morgan fingerprint density at radius 1 is 1.10 bits per heavy atom. The van der Waals surface area contributed by atoms with Gasteiger partial charge in [-0.15, -0.1) is 0 Å². The number of anilines is 1. The number of aromatic amines is 1. The molecular formula is C33H33ClN4O2. The fraction of sp³-hybridized carbons (Fsp3) is 0.273. The predicted molar refractivity (Wildman–Crippen MR) is 162 cm³/mol. The van der Waals surface area contributed by atoms with Crippen molar-refractivity contribution in [1.82, 2.24) is 14.9 Å². The Morgan fingerprint density at radius 2 is 1.93 bits per heavy atom. The summed E-state index contributed by atoms with van der Waals surface area (Å²) in [6.07, 6.45) is 4.23. The standard InChI is InChI=1S/C33H33ClN4O2/c1-3-21-9-11-22(12-10-21)32-31-26(24-7-4-5-8-28(24)37-31)20-30(33(39)40-2)38(32)18-6-16-35-27-15-17-36-29-19-23(34)13-14-25(27)29/h4-5,7-15,17,19,30,32,37H,3,6,16,18,20H2,1-2H3,(H,35,36)/t30-,32-/m1/s1. The van der Waals surface area contributed by atoms with Crippen molar-refractivity contribution in [3.05, 3.63) is 106 Å². The smallest absolute Gasteiger partial charge is 0.323 e. The van der Waals surface area contributed by atoms with Gasteiger partial charge in [-0.2, -0.15) is 0 Å². The normalized spacial score (nSPS) is 17.2. The molecule has 0 saturated heterocycles. The molecule has 3 heterocycles. The fourth-order valence-electron chi connectivity index (χ4n) is 6.02. The minimum Gasteiger partial charge on any atom is -0.468 e. The van der Waals surface area contributed by atoms with E-state index in [0.717, 1.165) is 53.7 Å². The van der Waals surface area contributed by atoms with E-state index >= 15 is 0 Å². The van der Waals surface area contributed by atoms with E-state index in [9.17, 15) is 4.79 Å². The van der Waals surface area contributed by atoms with Crippen LogP contribution in [0.5, 0.6) is 0 Å². The molecule has 0 aliphatic carbocycles. The van der Waals surface area contributed by atoms with Crippen molar-refractivity contribution < 1.29 is 9.53 Å². The first-order valence-corrected chi connectivity index (χ1v) is 14.2. The van der Waals surface area contributed by atoms with Gasteiger partial charge in [0.05, 0.1) is 18.7 Å². The summed E-state index contributed by atoms with van der Waals surface area (Å²) in [5.74, 6) is -0.198. The number of halogens is 1. The molecule has 0 radical (unpaired) electrons. The van der Waals surface area contributed by atoms with Crippen LogP contribution >= 0.6 is 11.6 Å². The van der Waals surface area contributed by atoms with Crippen LogP contribution in [0.1, 0.15) is 41.8 Å². The largest absolute Gasteiger partial charge is 0.468 e. The van der Waals surface area contributed by atoms with E-state index in [-0.39, 0.29) is 18.1 Å². The van der Waals surface area contributed by atoms with Gasteiger partial charge in [-0.3, -0.25) is 14.7 Å². The number of aryl methyl sites for hydroxylation is 1. The second kappa shape index (κ2) is 11.3. The van der Waals surface area contributed by atoms with Crippen molar-refractivity contribution in [2.24, 2.45) is 0 Å². The molecule has 40 heavy (non-hydrogen) atoms. The van der Waals surface area contributed by atoms with Gasteiger partial charge in [0.1, 0.15) is 6.04 Å².